The van der Waals surface area contributed by atoms with Crippen molar-refractivity contribution in [1.29, 1.82) is 0 Å². The van der Waals surface area contributed by atoms with E-state index >= 15 is 0 Å². The minimum Gasteiger partial charge on any atom is -0.355 e. The number of hydrogen-bond donors (Lipinski definition) is 0. The molecule has 106 valence electrons. The van der Waals surface area contributed by atoms with Crippen molar-refractivity contribution < 1.29 is 9.47 Å². The molecule has 0 spiro atoms. The van der Waals surface area contributed by atoms with Gasteiger partial charge < -0.3 is 9.47 Å². The molecule has 2 heteroatoms. The first-order valence-electron chi connectivity index (χ1n) is 7.50. The molecule has 0 heterocycles. The molecule has 0 rings (SSSR count). The molecule has 0 saturated carbocycles. The average Bonchev–Trinajstić information content (AvgIpc) is 2.39. The van der Waals surface area contributed by atoms with E-state index in [0.29, 0.717) is 6.79 Å². The lowest BCUT2D eigenvalue weighted by Gasteiger charge is -2.05. The molecule has 0 aromatic heterocycles. The van der Waals surface area contributed by atoms with E-state index in [1.807, 2.05) is 0 Å². The molecule has 0 aromatic rings. The standard InChI is InChI=1S/C16H30O2/c1-3-5-7-9-11-13-15-18-16-17-14-12-10-8-6-4-2/h2H,3,5-16H2,1H3. The molecule has 0 atom stereocenters. The number of hydrogen-bond acceptors (Lipinski definition) is 2. The second-order valence-electron chi connectivity index (χ2n) is 4.72. The summed E-state index contributed by atoms with van der Waals surface area (Å²) in [6.45, 7) is 4.32. The molecular formula is C16H30O2. The largest absolute Gasteiger partial charge is 0.355 e. The third-order valence-corrected chi connectivity index (χ3v) is 2.92. The van der Waals surface area contributed by atoms with Crippen LogP contribution in [0.25, 0.3) is 0 Å². The van der Waals surface area contributed by atoms with Crippen LogP contribution < -0.4 is 0 Å². The van der Waals surface area contributed by atoms with Gasteiger partial charge in [0, 0.05) is 19.6 Å². The second-order valence-corrected chi connectivity index (χ2v) is 4.72. The Morgan fingerprint density at radius 2 is 1.33 bits per heavy atom. The fraction of sp³-hybridized carbons (Fsp3) is 0.875. The molecule has 0 amide bonds. The van der Waals surface area contributed by atoms with E-state index in [1.165, 1.54) is 32.1 Å². The maximum absolute atomic E-state index is 5.41. The van der Waals surface area contributed by atoms with Crippen molar-refractivity contribution in [3.8, 4) is 12.3 Å². The van der Waals surface area contributed by atoms with E-state index in [1.54, 1.807) is 0 Å². The average molecular weight is 254 g/mol. The number of terminal acetylenes is 1. The van der Waals surface area contributed by atoms with E-state index in [9.17, 15) is 0 Å². The Bertz CT molecular complexity index is 184. The van der Waals surface area contributed by atoms with Gasteiger partial charge in [0.1, 0.15) is 6.79 Å². The first-order chi connectivity index (χ1) is 8.91. The van der Waals surface area contributed by atoms with Crippen LogP contribution in [0.3, 0.4) is 0 Å². The van der Waals surface area contributed by atoms with E-state index in [2.05, 4.69) is 12.8 Å². The predicted octanol–water partition coefficient (Wildman–Crippen LogP) is 4.53. The van der Waals surface area contributed by atoms with Gasteiger partial charge in [-0.05, 0) is 19.3 Å². The van der Waals surface area contributed by atoms with E-state index < -0.39 is 0 Å². The van der Waals surface area contributed by atoms with Gasteiger partial charge in [0.2, 0.25) is 0 Å². The van der Waals surface area contributed by atoms with Crippen molar-refractivity contribution in [1.82, 2.24) is 0 Å². The van der Waals surface area contributed by atoms with E-state index in [-0.39, 0.29) is 0 Å². The zero-order valence-corrected chi connectivity index (χ0v) is 12.1. The highest BCUT2D eigenvalue weighted by Gasteiger charge is 1.92. The predicted molar refractivity (Wildman–Crippen MR) is 77.4 cm³/mol. The fourth-order valence-corrected chi connectivity index (χ4v) is 1.77. The van der Waals surface area contributed by atoms with Gasteiger partial charge in [-0.1, -0.05) is 45.4 Å². The SMILES string of the molecule is C#CCCCCCOCOCCCCCCCC. The van der Waals surface area contributed by atoms with Gasteiger partial charge in [0.15, 0.2) is 0 Å². The maximum Gasteiger partial charge on any atom is 0.146 e. The molecular weight excluding hydrogens is 224 g/mol. The topological polar surface area (TPSA) is 18.5 Å². The van der Waals surface area contributed by atoms with E-state index in [0.717, 1.165) is 45.3 Å². The lowest BCUT2D eigenvalue weighted by molar-refractivity contribution is -0.0555. The van der Waals surface area contributed by atoms with Crippen molar-refractivity contribution in [2.75, 3.05) is 20.0 Å². The molecule has 0 saturated heterocycles. The summed E-state index contributed by atoms with van der Waals surface area (Å²) in [7, 11) is 0. The van der Waals surface area contributed by atoms with Crippen LogP contribution in [0.5, 0.6) is 0 Å². The highest BCUT2D eigenvalue weighted by atomic mass is 16.7. The zero-order chi connectivity index (χ0) is 13.3. The summed E-state index contributed by atoms with van der Waals surface area (Å²) in [6.07, 6.45) is 17.2. The summed E-state index contributed by atoms with van der Waals surface area (Å²) in [6, 6.07) is 0. The van der Waals surface area contributed by atoms with Gasteiger partial charge in [-0.3, -0.25) is 0 Å². The molecule has 0 fully saturated rings. The lowest BCUT2D eigenvalue weighted by Crippen LogP contribution is -2.03. The number of rotatable bonds is 14. The van der Waals surface area contributed by atoms with Gasteiger partial charge in [-0.2, -0.15) is 0 Å². The molecule has 0 radical (unpaired) electrons. The van der Waals surface area contributed by atoms with Crippen molar-refractivity contribution in [3.63, 3.8) is 0 Å². The van der Waals surface area contributed by atoms with Crippen LogP contribution in [-0.2, 0) is 9.47 Å². The second kappa shape index (κ2) is 16.5. The van der Waals surface area contributed by atoms with Crippen LogP contribution in [-0.4, -0.2) is 20.0 Å². The summed E-state index contributed by atoms with van der Waals surface area (Å²) in [5.74, 6) is 2.65. The van der Waals surface area contributed by atoms with Crippen LogP contribution in [0.2, 0.25) is 0 Å². The molecule has 18 heavy (non-hydrogen) atoms. The van der Waals surface area contributed by atoms with Crippen molar-refractivity contribution in [2.45, 2.75) is 71.1 Å². The molecule has 2 nitrogen and oxygen atoms in total. The summed E-state index contributed by atoms with van der Waals surface area (Å²) < 4.78 is 10.8. The third kappa shape index (κ3) is 15.5. The molecule has 0 unspecified atom stereocenters. The smallest absolute Gasteiger partial charge is 0.146 e. The summed E-state index contributed by atoms with van der Waals surface area (Å²) in [5, 5.41) is 0. The summed E-state index contributed by atoms with van der Waals surface area (Å²) in [5.41, 5.74) is 0. The van der Waals surface area contributed by atoms with Crippen molar-refractivity contribution >= 4 is 0 Å². The Balaban J connectivity index is 2.89. The fourth-order valence-electron chi connectivity index (χ4n) is 1.77. The lowest BCUT2D eigenvalue weighted by atomic mass is 10.1. The Morgan fingerprint density at radius 1 is 0.778 bits per heavy atom. The molecule has 0 bridgehead atoms. The number of ether oxygens (including phenoxy) is 2. The number of unbranched alkanes of at least 4 members (excludes halogenated alkanes) is 8. The van der Waals surface area contributed by atoms with Crippen LogP contribution in [0, 0.1) is 12.3 Å². The zero-order valence-electron chi connectivity index (χ0n) is 12.1. The van der Waals surface area contributed by atoms with Gasteiger partial charge in [-0.15, -0.1) is 12.3 Å². The van der Waals surface area contributed by atoms with Crippen LogP contribution in [0.4, 0.5) is 0 Å². The molecule has 0 N–H and O–H groups in total. The Labute approximate surface area is 113 Å². The van der Waals surface area contributed by atoms with Gasteiger partial charge >= 0.3 is 0 Å². The molecule has 0 aliphatic rings. The van der Waals surface area contributed by atoms with E-state index in [4.69, 9.17) is 15.9 Å². The molecule has 0 aliphatic carbocycles. The monoisotopic (exact) mass is 254 g/mol. The van der Waals surface area contributed by atoms with Crippen LogP contribution >= 0.6 is 0 Å². The third-order valence-electron chi connectivity index (χ3n) is 2.92. The minimum absolute atomic E-state index is 0.449. The first-order valence-corrected chi connectivity index (χ1v) is 7.50. The van der Waals surface area contributed by atoms with Gasteiger partial charge in [0.25, 0.3) is 0 Å². The van der Waals surface area contributed by atoms with Gasteiger partial charge in [-0.25, -0.2) is 0 Å². The Hall–Kier alpha value is -0.520. The maximum atomic E-state index is 5.41. The van der Waals surface area contributed by atoms with Crippen LogP contribution in [0.15, 0.2) is 0 Å². The Morgan fingerprint density at radius 3 is 1.94 bits per heavy atom. The van der Waals surface area contributed by atoms with Crippen LogP contribution in [0.1, 0.15) is 71.1 Å². The highest BCUT2D eigenvalue weighted by molar-refractivity contribution is 4.82. The summed E-state index contributed by atoms with van der Waals surface area (Å²) in [4.78, 5) is 0. The molecule has 0 aliphatic heterocycles. The minimum atomic E-state index is 0.449. The molecule has 0 aromatic carbocycles. The van der Waals surface area contributed by atoms with Crippen molar-refractivity contribution in [2.24, 2.45) is 0 Å². The summed E-state index contributed by atoms with van der Waals surface area (Å²) >= 11 is 0. The first kappa shape index (κ1) is 17.5. The normalized spacial score (nSPS) is 10.4. The van der Waals surface area contributed by atoms with Gasteiger partial charge in [0.05, 0.1) is 0 Å². The quantitative estimate of drug-likeness (QED) is 0.257. The highest BCUT2D eigenvalue weighted by Crippen LogP contribution is 2.05. The Kier molecular flexibility index (Phi) is 16.0. The van der Waals surface area contributed by atoms with Crippen molar-refractivity contribution in [3.05, 3.63) is 0 Å².